The molecular formula is C3HCl2F3. The molecule has 5 heteroatoms. The van der Waals surface area contributed by atoms with Crippen molar-refractivity contribution in [2.24, 2.45) is 0 Å². The van der Waals surface area contributed by atoms with Gasteiger partial charge in [0.25, 0.3) is 0 Å². The third-order valence-corrected chi connectivity index (χ3v) is 0.728. The van der Waals surface area contributed by atoms with Gasteiger partial charge in [-0.25, -0.2) is 8.78 Å². The number of hydrogen-bond acceptors (Lipinski definition) is 0. The molecule has 0 heterocycles. The number of hydrogen-bond donors (Lipinski definition) is 0. The second-order valence-electron chi connectivity index (χ2n) is 0.955. The van der Waals surface area contributed by atoms with Crippen molar-refractivity contribution in [3.63, 3.8) is 0 Å². The van der Waals surface area contributed by atoms with Crippen LogP contribution < -0.4 is 0 Å². The monoisotopic (exact) mass is 164 g/mol. The summed E-state index contributed by atoms with van der Waals surface area (Å²) in [5.41, 5.74) is 0. The Hall–Kier alpha value is 0.110. The molecule has 0 atom stereocenters. The van der Waals surface area contributed by atoms with Gasteiger partial charge < -0.3 is 0 Å². The van der Waals surface area contributed by atoms with Crippen LogP contribution in [0.5, 0.6) is 0 Å². The Balaban J connectivity index is 4.03. The molecule has 0 saturated heterocycles. The molecule has 8 heavy (non-hydrogen) atoms. The van der Waals surface area contributed by atoms with Crippen LogP contribution in [0.1, 0.15) is 0 Å². The van der Waals surface area contributed by atoms with Gasteiger partial charge in [0.15, 0.2) is 5.83 Å². The molecule has 0 amide bonds. The summed E-state index contributed by atoms with van der Waals surface area (Å²) in [6.07, 6.45) is -0.639. The summed E-state index contributed by atoms with van der Waals surface area (Å²) in [4.78, 5) is 0. The van der Waals surface area contributed by atoms with Gasteiger partial charge in [-0.05, 0) is 0 Å². The van der Waals surface area contributed by atoms with Gasteiger partial charge in [0, 0.05) is 0 Å². The van der Waals surface area contributed by atoms with Crippen LogP contribution in [0.2, 0.25) is 0 Å². The lowest BCUT2D eigenvalue weighted by molar-refractivity contribution is 0.366. The molecule has 0 aliphatic heterocycles. The lowest BCUT2D eigenvalue weighted by Gasteiger charge is -2.01. The van der Waals surface area contributed by atoms with Gasteiger partial charge in [0.05, 0.1) is 0 Å². The molecule has 0 aliphatic carbocycles. The van der Waals surface area contributed by atoms with Crippen molar-refractivity contribution in [1.82, 2.24) is 0 Å². The SMILES string of the molecule is FC=C(F)C(F)(Cl)Cl. The zero-order valence-corrected chi connectivity index (χ0v) is 4.98. The summed E-state index contributed by atoms with van der Waals surface area (Å²) < 4.78 is 30.8. The van der Waals surface area contributed by atoms with Crippen LogP contribution in [0.15, 0.2) is 12.2 Å². The average Bonchev–Trinajstić information content (AvgIpc) is 1.62. The van der Waals surface area contributed by atoms with Gasteiger partial charge in [0.1, 0.15) is 6.33 Å². The highest BCUT2D eigenvalue weighted by molar-refractivity contribution is 6.48. The lowest BCUT2D eigenvalue weighted by atomic mass is 10.6. The molecule has 0 N–H and O–H groups in total. The smallest absolute Gasteiger partial charge is 0.212 e. The molecule has 0 fully saturated rings. The first-order chi connectivity index (χ1) is 3.48. The van der Waals surface area contributed by atoms with Crippen LogP contribution in [-0.4, -0.2) is 4.59 Å². The molecule has 0 bridgehead atoms. The molecule has 0 aromatic rings. The maximum Gasteiger partial charge on any atom is 0.311 e. The van der Waals surface area contributed by atoms with Gasteiger partial charge >= 0.3 is 4.59 Å². The van der Waals surface area contributed by atoms with E-state index in [1.54, 1.807) is 0 Å². The highest BCUT2D eigenvalue weighted by Crippen LogP contribution is 2.32. The van der Waals surface area contributed by atoms with Crippen molar-refractivity contribution >= 4 is 23.2 Å². The molecule has 0 nitrogen and oxygen atoms in total. The fraction of sp³-hybridized carbons (Fsp3) is 0.333. The zero-order valence-electron chi connectivity index (χ0n) is 3.47. The van der Waals surface area contributed by atoms with Crippen molar-refractivity contribution in [2.45, 2.75) is 4.59 Å². The molecule has 0 aliphatic rings. The Morgan fingerprint density at radius 3 is 1.88 bits per heavy atom. The van der Waals surface area contributed by atoms with E-state index in [1.165, 1.54) is 0 Å². The van der Waals surface area contributed by atoms with E-state index in [4.69, 9.17) is 0 Å². The first-order valence-electron chi connectivity index (χ1n) is 1.51. The highest BCUT2D eigenvalue weighted by atomic mass is 35.5. The van der Waals surface area contributed by atoms with Crippen molar-refractivity contribution < 1.29 is 13.2 Å². The second-order valence-corrected chi connectivity index (χ2v) is 2.19. The molecule has 0 aromatic carbocycles. The first-order valence-corrected chi connectivity index (χ1v) is 2.27. The van der Waals surface area contributed by atoms with Crippen LogP contribution in [-0.2, 0) is 0 Å². The van der Waals surface area contributed by atoms with Gasteiger partial charge in [0.2, 0.25) is 0 Å². The summed E-state index contributed by atoms with van der Waals surface area (Å²) in [5.74, 6) is -1.85. The number of rotatable bonds is 1. The van der Waals surface area contributed by atoms with E-state index in [9.17, 15) is 13.2 Å². The van der Waals surface area contributed by atoms with Crippen molar-refractivity contribution in [2.75, 3.05) is 0 Å². The van der Waals surface area contributed by atoms with Crippen LogP contribution >= 0.6 is 23.2 Å². The van der Waals surface area contributed by atoms with E-state index >= 15 is 0 Å². The third kappa shape index (κ3) is 2.43. The summed E-state index contributed by atoms with van der Waals surface area (Å²) in [6.45, 7) is 0. The molecule has 0 unspecified atom stereocenters. The van der Waals surface area contributed by atoms with E-state index in [1.807, 2.05) is 0 Å². The number of halogens is 5. The van der Waals surface area contributed by atoms with Crippen LogP contribution in [0.4, 0.5) is 13.2 Å². The van der Waals surface area contributed by atoms with Gasteiger partial charge in [-0.15, -0.1) is 0 Å². The molecular weight excluding hydrogens is 164 g/mol. The van der Waals surface area contributed by atoms with Crippen LogP contribution in [0.3, 0.4) is 0 Å². The van der Waals surface area contributed by atoms with E-state index in [0.29, 0.717) is 0 Å². The molecule has 0 radical (unpaired) electrons. The van der Waals surface area contributed by atoms with Crippen LogP contribution in [0, 0.1) is 0 Å². The topological polar surface area (TPSA) is 0 Å². The Morgan fingerprint density at radius 1 is 1.50 bits per heavy atom. The molecule has 0 saturated carbocycles. The largest absolute Gasteiger partial charge is 0.311 e. The van der Waals surface area contributed by atoms with E-state index in [2.05, 4.69) is 23.2 Å². The molecule has 0 aromatic heterocycles. The maximum atomic E-state index is 11.6. The quantitative estimate of drug-likeness (QED) is 0.524. The molecule has 0 spiro atoms. The van der Waals surface area contributed by atoms with Gasteiger partial charge in [-0.3, -0.25) is 0 Å². The Morgan fingerprint density at radius 2 is 1.88 bits per heavy atom. The van der Waals surface area contributed by atoms with E-state index in [0.717, 1.165) is 0 Å². The van der Waals surface area contributed by atoms with Crippen molar-refractivity contribution in [3.05, 3.63) is 12.2 Å². The first kappa shape index (κ1) is 8.11. The fourth-order valence-electron chi connectivity index (χ4n) is 0.0619. The van der Waals surface area contributed by atoms with Crippen molar-refractivity contribution in [1.29, 1.82) is 0 Å². The summed E-state index contributed by atoms with van der Waals surface area (Å²) in [5, 5.41) is 0. The summed E-state index contributed by atoms with van der Waals surface area (Å²) in [7, 11) is 0. The van der Waals surface area contributed by atoms with Gasteiger partial charge in [-0.1, -0.05) is 23.2 Å². The minimum Gasteiger partial charge on any atom is -0.212 e. The number of allylic oxidation sites excluding steroid dienone is 1. The maximum absolute atomic E-state index is 11.6. The summed E-state index contributed by atoms with van der Waals surface area (Å²) in [6, 6.07) is 0. The fourth-order valence-corrected chi connectivity index (χ4v) is 0.144. The Labute approximate surface area is 53.9 Å². The standard InChI is InChI=1S/C3HCl2F3/c4-3(5,8)2(7)1-6/h1H. The minimum absolute atomic E-state index is 0.639. The highest BCUT2D eigenvalue weighted by Gasteiger charge is 2.29. The van der Waals surface area contributed by atoms with Crippen LogP contribution in [0.25, 0.3) is 0 Å². The Bertz CT molecular complexity index is 104. The van der Waals surface area contributed by atoms with Gasteiger partial charge in [-0.2, -0.15) is 4.39 Å². The van der Waals surface area contributed by atoms with E-state index in [-0.39, 0.29) is 0 Å². The lowest BCUT2D eigenvalue weighted by Crippen LogP contribution is -2.02. The molecule has 48 valence electrons. The van der Waals surface area contributed by atoms with Crippen molar-refractivity contribution in [3.8, 4) is 0 Å². The molecule has 0 rings (SSSR count). The predicted molar refractivity (Wildman–Crippen MR) is 25.8 cm³/mol. The minimum atomic E-state index is -3.23. The van der Waals surface area contributed by atoms with E-state index < -0.39 is 16.7 Å². The normalized spacial score (nSPS) is 14.4. The predicted octanol–water partition coefficient (Wildman–Crippen LogP) is 2.87. The zero-order chi connectivity index (χ0) is 6.78. The Kier molecular flexibility index (Phi) is 2.63. The number of alkyl halides is 3. The second kappa shape index (κ2) is 2.60. The summed E-state index contributed by atoms with van der Waals surface area (Å²) >= 11 is 8.80. The average molecular weight is 165 g/mol. The third-order valence-electron chi connectivity index (χ3n) is 0.367.